The lowest BCUT2D eigenvalue weighted by Crippen LogP contribution is -2.76. The second kappa shape index (κ2) is 6.20. The lowest BCUT2D eigenvalue weighted by molar-refractivity contribution is -0.194. The van der Waals surface area contributed by atoms with Crippen LogP contribution in [0.25, 0.3) is 0 Å². The number of amides is 1. The molecule has 23 heavy (non-hydrogen) atoms. The van der Waals surface area contributed by atoms with Crippen molar-refractivity contribution in [1.29, 1.82) is 0 Å². The number of carbonyl (C=O) groups is 2. The number of hydrogen-bond acceptors (Lipinski definition) is 4. The van der Waals surface area contributed by atoms with Crippen LogP contribution in [0.2, 0.25) is 0 Å². The van der Waals surface area contributed by atoms with E-state index < -0.39 is 16.9 Å². The highest BCUT2D eigenvalue weighted by Gasteiger charge is 2.66. The van der Waals surface area contributed by atoms with Gasteiger partial charge in [0.25, 0.3) is 0 Å². The molecule has 6 nitrogen and oxygen atoms in total. The number of carboxylic acids is 1. The van der Waals surface area contributed by atoms with E-state index in [-0.39, 0.29) is 30.6 Å². The van der Waals surface area contributed by atoms with Crippen LogP contribution in [0.3, 0.4) is 0 Å². The third-order valence-electron chi connectivity index (χ3n) is 4.78. The molecule has 6 heteroatoms. The first kappa shape index (κ1) is 17.3. The standard InChI is InChI=1S/C17H23NO5/c1-4-23-13-10-17(15(21)22,16(13,2)3)18-14(20)9-11-5-7-12(19)8-6-11/h5-8,13,19H,4,9-10H2,1-3H3,(H,18,20)(H,21,22). The molecule has 0 bridgehead atoms. The van der Waals surface area contributed by atoms with E-state index in [1.54, 1.807) is 26.0 Å². The highest BCUT2D eigenvalue weighted by molar-refractivity contribution is 5.90. The summed E-state index contributed by atoms with van der Waals surface area (Å²) < 4.78 is 5.57. The van der Waals surface area contributed by atoms with Gasteiger partial charge in [-0.3, -0.25) is 4.79 Å². The maximum absolute atomic E-state index is 12.3. The Hall–Kier alpha value is -2.08. The zero-order chi connectivity index (χ0) is 17.3. The van der Waals surface area contributed by atoms with Crippen LogP contribution in [0.15, 0.2) is 24.3 Å². The second-order valence-corrected chi connectivity index (χ2v) is 6.47. The number of phenols is 1. The Morgan fingerprint density at radius 1 is 1.30 bits per heavy atom. The van der Waals surface area contributed by atoms with Crippen LogP contribution >= 0.6 is 0 Å². The summed E-state index contributed by atoms with van der Waals surface area (Å²) in [5, 5.41) is 21.6. The summed E-state index contributed by atoms with van der Waals surface area (Å²) in [5.74, 6) is -1.28. The Balaban J connectivity index is 2.10. The number of benzene rings is 1. The predicted molar refractivity (Wildman–Crippen MR) is 84.1 cm³/mol. The van der Waals surface area contributed by atoms with E-state index in [4.69, 9.17) is 4.74 Å². The van der Waals surface area contributed by atoms with Gasteiger partial charge in [-0.1, -0.05) is 26.0 Å². The zero-order valence-corrected chi connectivity index (χ0v) is 13.6. The summed E-state index contributed by atoms with van der Waals surface area (Å²) in [5.41, 5.74) is -1.31. The summed E-state index contributed by atoms with van der Waals surface area (Å²) >= 11 is 0. The van der Waals surface area contributed by atoms with Gasteiger partial charge in [-0.2, -0.15) is 0 Å². The molecule has 0 aliphatic heterocycles. The number of aliphatic carboxylic acids is 1. The maximum Gasteiger partial charge on any atom is 0.330 e. The van der Waals surface area contributed by atoms with Crippen LogP contribution in [-0.4, -0.2) is 40.3 Å². The van der Waals surface area contributed by atoms with Gasteiger partial charge in [-0.15, -0.1) is 0 Å². The molecular weight excluding hydrogens is 298 g/mol. The van der Waals surface area contributed by atoms with Crippen LogP contribution in [0.1, 0.15) is 32.8 Å². The average molecular weight is 321 g/mol. The van der Waals surface area contributed by atoms with Crippen molar-refractivity contribution in [3.8, 4) is 5.75 Å². The Bertz CT molecular complexity index is 596. The molecule has 3 N–H and O–H groups in total. The van der Waals surface area contributed by atoms with Crippen molar-refractivity contribution >= 4 is 11.9 Å². The molecule has 1 aromatic rings. The van der Waals surface area contributed by atoms with Crippen LogP contribution in [0.4, 0.5) is 0 Å². The van der Waals surface area contributed by atoms with Crippen LogP contribution < -0.4 is 5.32 Å². The highest BCUT2D eigenvalue weighted by atomic mass is 16.5. The lowest BCUT2D eigenvalue weighted by atomic mass is 9.54. The molecule has 0 radical (unpaired) electrons. The third-order valence-corrected chi connectivity index (χ3v) is 4.78. The predicted octanol–water partition coefficient (Wildman–Crippen LogP) is 1.71. The molecule has 0 heterocycles. The quantitative estimate of drug-likeness (QED) is 0.741. The van der Waals surface area contributed by atoms with Gasteiger partial charge in [0, 0.05) is 18.4 Å². The molecular formula is C17H23NO5. The van der Waals surface area contributed by atoms with Gasteiger partial charge < -0.3 is 20.3 Å². The summed E-state index contributed by atoms with van der Waals surface area (Å²) in [6.07, 6.45) is 0.118. The Morgan fingerprint density at radius 2 is 1.91 bits per heavy atom. The molecule has 1 fully saturated rings. The molecule has 1 aliphatic rings. The minimum absolute atomic E-state index is 0.0602. The molecule has 0 spiro atoms. The van der Waals surface area contributed by atoms with E-state index >= 15 is 0 Å². The van der Waals surface area contributed by atoms with Crippen LogP contribution in [-0.2, 0) is 20.7 Å². The molecule has 1 saturated carbocycles. The van der Waals surface area contributed by atoms with Crippen molar-refractivity contribution < 1.29 is 24.5 Å². The first-order valence-electron chi connectivity index (χ1n) is 7.67. The van der Waals surface area contributed by atoms with Gasteiger partial charge in [0.05, 0.1) is 12.5 Å². The monoisotopic (exact) mass is 321 g/mol. The Kier molecular flexibility index (Phi) is 4.66. The first-order valence-corrected chi connectivity index (χ1v) is 7.67. The Labute approximate surface area is 135 Å². The smallest absolute Gasteiger partial charge is 0.330 e. The summed E-state index contributed by atoms with van der Waals surface area (Å²) in [6, 6.07) is 6.26. The van der Waals surface area contributed by atoms with Crippen molar-refractivity contribution in [1.82, 2.24) is 5.32 Å². The molecule has 2 atom stereocenters. The van der Waals surface area contributed by atoms with E-state index in [9.17, 15) is 19.8 Å². The maximum atomic E-state index is 12.3. The molecule has 1 amide bonds. The van der Waals surface area contributed by atoms with Gasteiger partial charge in [-0.05, 0) is 24.6 Å². The van der Waals surface area contributed by atoms with Crippen molar-refractivity contribution in [2.45, 2.75) is 45.3 Å². The third kappa shape index (κ3) is 3.03. The van der Waals surface area contributed by atoms with Crippen molar-refractivity contribution in [3.05, 3.63) is 29.8 Å². The van der Waals surface area contributed by atoms with Gasteiger partial charge in [-0.25, -0.2) is 4.79 Å². The number of hydrogen-bond donors (Lipinski definition) is 3. The number of ether oxygens (including phenoxy) is 1. The number of carbonyl (C=O) groups excluding carboxylic acids is 1. The fourth-order valence-corrected chi connectivity index (χ4v) is 3.12. The zero-order valence-electron chi connectivity index (χ0n) is 13.6. The minimum atomic E-state index is -1.32. The van der Waals surface area contributed by atoms with E-state index in [1.807, 2.05) is 6.92 Å². The second-order valence-electron chi connectivity index (χ2n) is 6.47. The number of phenolic OH excluding ortho intramolecular Hbond substituents is 1. The first-order chi connectivity index (χ1) is 10.7. The fourth-order valence-electron chi connectivity index (χ4n) is 3.12. The average Bonchev–Trinajstić information content (AvgIpc) is 2.48. The number of carboxylic acid groups (broad SMARTS) is 1. The van der Waals surface area contributed by atoms with Gasteiger partial charge >= 0.3 is 5.97 Å². The summed E-state index contributed by atoms with van der Waals surface area (Å²) in [6.45, 7) is 5.96. The van der Waals surface area contributed by atoms with E-state index in [2.05, 4.69) is 5.32 Å². The number of aromatic hydroxyl groups is 1. The molecule has 0 saturated heterocycles. The lowest BCUT2D eigenvalue weighted by Gasteiger charge is -2.58. The minimum Gasteiger partial charge on any atom is -0.508 e. The van der Waals surface area contributed by atoms with Crippen LogP contribution in [0.5, 0.6) is 5.75 Å². The summed E-state index contributed by atoms with van der Waals surface area (Å²) in [4.78, 5) is 24.1. The molecule has 1 aliphatic carbocycles. The van der Waals surface area contributed by atoms with Gasteiger partial charge in [0.15, 0.2) is 0 Å². The van der Waals surface area contributed by atoms with Gasteiger partial charge in [0.2, 0.25) is 5.91 Å². The SMILES string of the molecule is CCOC1CC(NC(=O)Cc2ccc(O)cc2)(C(=O)O)C1(C)C. The topological polar surface area (TPSA) is 95.9 Å². The summed E-state index contributed by atoms with van der Waals surface area (Å²) in [7, 11) is 0. The van der Waals surface area contributed by atoms with Gasteiger partial charge in [0.1, 0.15) is 11.3 Å². The largest absolute Gasteiger partial charge is 0.508 e. The number of nitrogens with one attached hydrogen (secondary N) is 1. The van der Waals surface area contributed by atoms with E-state index in [1.165, 1.54) is 12.1 Å². The normalized spacial score (nSPS) is 25.4. The number of rotatable bonds is 6. The highest BCUT2D eigenvalue weighted by Crippen LogP contribution is 2.51. The van der Waals surface area contributed by atoms with Crippen molar-refractivity contribution in [2.75, 3.05) is 6.61 Å². The Morgan fingerprint density at radius 3 is 2.39 bits per heavy atom. The fraction of sp³-hybridized carbons (Fsp3) is 0.529. The molecule has 126 valence electrons. The van der Waals surface area contributed by atoms with E-state index in [0.717, 1.165) is 0 Å². The molecule has 0 aromatic heterocycles. The van der Waals surface area contributed by atoms with Crippen molar-refractivity contribution in [3.63, 3.8) is 0 Å². The molecule has 2 rings (SSSR count). The van der Waals surface area contributed by atoms with Crippen molar-refractivity contribution in [2.24, 2.45) is 5.41 Å². The molecule has 1 aromatic carbocycles. The van der Waals surface area contributed by atoms with E-state index in [0.29, 0.717) is 12.2 Å². The van der Waals surface area contributed by atoms with Crippen LogP contribution in [0, 0.1) is 5.41 Å². The molecule has 2 unspecified atom stereocenters.